The van der Waals surface area contributed by atoms with E-state index in [1.807, 2.05) is 18.7 Å². The molecule has 2 N–H and O–H groups in total. The molecular weight excluding hydrogens is 294 g/mol. The Kier molecular flexibility index (Phi) is 4.50. The fourth-order valence-corrected chi connectivity index (χ4v) is 2.63. The number of piperidine rings is 1. The largest absolute Gasteiger partial charge is 0.340 e. The van der Waals surface area contributed by atoms with Gasteiger partial charge in [0.15, 0.2) is 0 Å². The first-order valence-electron chi connectivity index (χ1n) is 7.88. The van der Waals surface area contributed by atoms with Crippen LogP contribution < -0.4 is 10.2 Å². The first-order chi connectivity index (χ1) is 11.1. The van der Waals surface area contributed by atoms with Gasteiger partial charge in [-0.3, -0.25) is 15.2 Å². The molecule has 0 aromatic carbocycles. The second-order valence-electron chi connectivity index (χ2n) is 6.02. The number of hydrogen-bond acceptors (Lipinski definition) is 6. The fourth-order valence-electron chi connectivity index (χ4n) is 2.63. The van der Waals surface area contributed by atoms with Gasteiger partial charge in [0.05, 0.1) is 5.92 Å². The zero-order valence-electron chi connectivity index (χ0n) is 13.4. The third-order valence-electron chi connectivity index (χ3n) is 3.91. The highest BCUT2D eigenvalue weighted by molar-refractivity contribution is 5.91. The van der Waals surface area contributed by atoms with Crippen molar-refractivity contribution in [1.29, 1.82) is 0 Å². The van der Waals surface area contributed by atoms with E-state index in [2.05, 4.69) is 30.5 Å². The highest BCUT2D eigenvalue weighted by Gasteiger charge is 2.27. The number of carbonyl (C=O) groups excluding carboxylic acids is 1. The predicted molar refractivity (Wildman–Crippen MR) is 86.1 cm³/mol. The lowest BCUT2D eigenvalue weighted by Gasteiger charge is -2.31. The molecule has 3 heterocycles. The van der Waals surface area contributed by atoms with Crippen molar-refractivity contribution in [3.05, 3.63) is 24.3 Å². The third kappa shape index (κ3) is 3.64. The summed E-state index contributed by atoms with van der Waals surface area (Å²) in [5.41, 5.74) is 0. The van der Waals surface area contributed by atoms with E-state index in [0.29, 0.717) is 18.4 Å². The number of amides is 1. The van der Waals surface area contributed by atoms with E-state index in [0.717, 1.165) is 25.2 Å². The molecule has 1 atom stereocenters. The van der Waals surface area contributed by atoms with Crippen LogP contribution in [0.3, 0.4) is 0 Å². The van der Waals surface area contributed by atoms with E-state index < -0.39 is 0 Å². The molecule has 1 aliphatic rings. The van der Waals surface area contributed by atoms with Crippen LogP contribution in [0.25, 0.3) is 0 Å². The molecule has 1 fully saturated rings. The smallest absolute Gasteiger partial charge is 0.248 e. The molecule has 2 aromatic heterocycles. The number of aromatic nitrogens is 5. The minimum atomic E-state index is -0.117. The number of nitrogens with one attached hydrogen (secondary N) is 2. The number of nitrogens with zero attached hydrogens (tertiary/aromatic N) is 5. The van der Waals surface area contributed by atoms with E-state index in [9.17, 15) is 4.79 Å². The summed E-state index contributed by atoms with van der Waals surface area (Å²) in [7, 11) is 0. The summed E-state index contributed by atoms with van der Waals surface area (Å²) in [5.74, 6) is 1.85. The zero-order valence-corrected chi connectivity index (χ0v) is 13.4. The van der Waals surface area contributed by atoms with Crippen LogP contribution in [-0.4, -0.2) is 44.1 Å². The quantitative estimate of drug-likeness (QED) is 0.888. The van der Waals surface area contributed by atoms with Gasteiger partial charge in [-0.05, 0) is 18.9 Å². The summed E-state index contributed by atoms with van der Waals surface area (Å²) in [6.07, 6.45) is 5.21. The van der Waals surface area contributed by atoms with Gasteiger partial charge in [0.1, 0.15) is 5.82 Å². The Labute approximate surface area is 134 Å². The van der Waals surface area contributed by atoms with Crippen molar-refractivity contribution in [3.8, 4) is 0 Å². The van der Waals surface area contributed by atoms with Crippen molar-refractivity contribution < 1.29 is 4.79 Å². The first-order valence-corrected chi connectivity index (χ1v) is 7.88. The summed E-state index contributed by atoms with van der Waals surface area (Å²) < 4.78 is 0. The number of aromatic amines is 1. The van der Waals surface area contributed by atoms with Gasteiger partial charge in [-0.2, -0.15) is 4.98 Å². The monoisotopic (exact) mass is 315 g/mol. The molecule has 2 aromatic rings. The number of carbonyl (C=O) groups is 1. The van der Waals surface area contributed by atoms with Crippen LogP contribution in [0.15, 0.2) is 18.5 Å². The van der Waals surface area contributed by atoms with Crippen LogP contribution >= 0.6 is 0 Å². The van der Waals surface area contributed by atoms with Crippen molar-refractivity contribution >= 4 is 17.8 Å². The third-order valence-corrected chi connectivity index (χ3v) is 3.91. The molecule has 0 aliphatic carbocycles. The lowest BCUT2D eigenvalue weighted by molar-refractivity contribution is -0.120. The Hall–Kier alpha value is -2.51. The van der Waals surface area contributed by atoms with Crippen LogP contribution in [0.2, 0.25) is 0 Å². The summed E-state index contributed by atoms with van der Waals surface area (Å²) in [5, 5.41) is 9.68. The van der Waals surface area contributed by atoms with Gasteiger partial charge in [-0.1, -0.05) is 13.8 Å². The van der Waals surface area contributed by atoms with Crippen LogP contribution in [0, 0.1) is 5.92 Å². The van der Waals surface area contributed by atoms with E-state index in [-0.39, 0.29) is 17.7 Å². The molecule has 1 amide bonds. The number of hydrogen-bond donors (Lipinski definition) is 2. The number of rotatable bonds is 4. The Bertz CT molecular complexity index is 655. The molecule has 0 bridgehead atoms. The van der Waals surface area contributed by atoms with Crippen LogP contribution in [0.5, 0.6) is 0 Å². The van der Waals surface area contributed by atoms with Gasteiger partial charge < -0.3 is 4.90 Å². The van der Waals surface area contributed by atoms with E-state index in [4.69, 9.17) is 0 Å². The Morgan fingerprint density at radius 2 is 2.17 bits per heavy atom. The van der Waals surface area contributed by atoms with Crippen molar-refractivity contribution in [2.24, 2.45) is 5.92 Å². The molecule has 0 spiro atoms. The van der Waals surface area contributed by atoms with Crippen LogP contribution in [-0.2, 0) is 4.79 Å². The summed E-state index contributed by atoms with van der Waals surface area (Å²) in [4.78, 5) is 27.3. The van der Waals surface area contributed by atoms with Crippen molar-refractivity contribution in [1.82, 2.24) is 25.1 Å². The standard InChI is InChI=1S/C15H21N7O/c1-10(2)12-18-14(21-20-12)19-13(23)11-5-3-8-22(9-11)15-16-6-4-7-17-15/h4,6-7,10-11H,3,5,8-9H2,1-2H3,(H2,18,19,20,21,23). The summed E-state index contributed by atoms with van der Waals surface area (Å²) in [6.45, 7) is 5.51. The molecule has 0 radical (unpaired) electrons. The minimum Gasteiger partial charge on any atom is -0.340 e. The molecule has 8 nitrogen and oxygen atoms in total. The normalized spacial score (nSPS) is 18.2. The average Bonchev–Trinajstić information content (AvgIpc) is 3.04. The van der Waals surface area contributed by atoms with Gasteiger partial charge >= 0.3 is 0 Å². The fraction of sp³-hybridized carbons (Fsp3) is 0.533. The van der Waals surface area contributed by atoms with Crippen LogP contribution in [0.4, 0.5) is 11.9 Å². The molecule has 8 heteroatoms. The second kappa shape index (κ2) is 6.72. The molecule has 1 saturated heterocycles. The molecule has 3 rings (SSSR count). The summed E-state index contributed by atoms with van der Waals surface area (Å²) >= 11 is 0. The van der Waals surface area contributed by atoms with Gasteiger partial charge in [-0.15, -0.1) is 5.10 Å². The van der Waals surface area contributed by atoms with E-state index in [1.54, 1.807) is 18.5 Å². The average molecular weight is 315 g/mol. The van der Waals surface area contributed by atoms with Gasteiger partial charge in [-0.25, -0.2) is 9.97 Å². The maximum atomic E-state index is 12.5. The summed E-state index contributed by atoms with van der Waals surface area (Å²) in [6, 6.07) is 1.78. The lowest BCUT2D eigenvalue weighted by atomic mass is 9.97. The molecule has 122 valence electrons. The van der Waals surface area contributed by atoms with Gasteiger partial charge in [0.25, 0.3) is 0 Å². The minimum absolute atomic E-state index is 0.0556. The predicted octanol–water partition coefficient (Wildman–Crippen LogP) is 1.57. The van der Waals surface area contributed by atoms with Crippen molar-refractivity contribution in [2.45, 2.75) is 32.6 Å². The molecule has 1 unspecified atom stereocenters. The molecule has 0 saturated carbocycles. The number of anilines is 2. The molecular formula is C15H21N7O. The SMILES string of the molecule is CC(C)c1nc(NC(=O)C2CCCN(c3ncccn3)C2)n[nH]1. The number of H-pyrrole nitrogens is 1. The van der Waals surface area contributed by atoms with Crippen molar-refractivity contribution in [2.75, 3.05) is 23.3 Å². The Balaban J connectivity index is 1.62. The van der Waals surface area contributed by atoms with E-state index in [1.165, 1.54) is 0 Å². The Morgan fingerprint density at radius 3 is 2.87 bits per heavy atom. The molecule has 23 heavy (non-hydrogen) atoms. The van der Waals surface area contributed by atoms with Crippen molar-refractivity contribution in [3.63, 3.8) is 0 Å². The van der Waals surface area contributed by atoms with E-state index >= 15 is 0 Å². The van der Waals surface area contributed by atoms with Gasteiger partial charge in [0, 0.05) is 31.4 Å². The zero-order chi connectivity index (χ0) is 16.2. The highest BCUT2D eigenvalue weighted by atomic mass is 16.2. The molecule has 1 aliphatic heterocycles. The highest BCUT2D eigenvalue weighted by Crippen LogP contribution is 2.21. The van der Waals surface area contributed by atoms with Gasteiger partial charge in [0.2, 0.25) is 17.8 Å². The Morgan fingerprint density at radius 1 is 1.39 bits per heavy atom. The maximum Gasteiger partial charge on any atom is 0.248 e. The van der Waals surface area contributed by atoms with Crippen LogP contribution in [0.1, 0.15) is 38.4 Å². The first kappa shape index (κ1) is 15.4. The second-order valence-corrected chi connectivity index (χ2v) is 6.02. The topological polar surface area (TPSA) is 99.7 Å². The lowest BCUT2D eigenvalue weighted by Crippen LogP contribution is -2.41. The maximum absolute atomic E-state index is 12.5.